The first kappa shape index (κ1) is 15.0. The number of halogens is 2. The number of anilines is 1. The molecule has 114 valence electrons. The van der Waals surface area contributed by atoms with Crippen LogP contribution in [0, 0.1) is 11.6 Å². The van der Waals surface area contributed by atoms with Crippen molar-refractivity contribution in [3.63, 3.8) is 0 Å². The van der Waals surface area contributed by atoms with Gasteiger partial charge in [-0.15, -0.1) is 0 Å². The van der Waals surface area contributed by atoms with Crippen molar-refractivity contribution in [3.8, 4) is 0 Å². The molecule has 21 heavy (non-hydrogen) atoms. The van der Waals surface area contributed by atoms with Crippen molar-refractivity contribution >= 4 is 17.7 Å². The van der Waals surface area contributed by atoms with E-state index in [0.717, 1.165) is 12.1 Å². The molecular weight excluding hydrogens is 284 g/mol. The number of piperazine rings is 1. The number of nitrogens with zero attached hydrogens (tertiary/aromatic N) is 2. The fourth-order valence-corrected chi connectivity index (χ4v) is 2.45. The van der Waals surface area contributed by atoms with E-state index in [-0.39, 0.29) is 18.3 Å². The number of hydrogen-bond donors (Lipinski definition) is 2. The second-order valence-corrected chi connectivity index (χ2v) is 4.92. The molecule has 3 N–H and O–H groups in total. The third-order valence-corrected chi connectivity index (χ3v) is 3.51. The minimum Gasteiger partial charge on any atom is -0.465 e. The lowest BCUT2D eigenvalue weighted by Crippen LogP contribution is -2.53. The molecule has 1 saturated heterocycles. The summed E-state index contributed by atoms with van der Waals surface area (Å²) in [6.07, 6.45) is -1.02. The van der Waals surface area contributed by atoms with Gasteiger partial charge in [-0.3, -0.25) is 4.79 Å². The Morgan fingerprint density at radius 3 is 2.29 bits per heavy atom. The van der Waals surface area contributed by atoms with E-state index in [1.807, 2.05) is 0 Å². The van der Waals surface area contributed by atoms with Crippen molar-refractivity contribution in [2.45, 2.75) is 13.0 Å². The first-order chi connectivity index (χ1) is 9.81. The van der Waals surface area contributed by atoms with E-state index in [2.05, 4.69) is 0 Å². The molecule has 1 heterocycles. The first-order valence-corrected chi connectivity index (χ1v) is 6.34. The molecule has 0 saturated carbocycles. The van der Waals surface area contributed by atoms with Crippen molar-refractivity contribution in [2.75, 3.05) is 24.5 Å². The lowest BCUT2D eigenvalue weighted by molar-refractivity contribution is 0.0991. The summed E-state index contributed by atoms with van der Waals surface area (Å²) in [7, 11) is 0. The Balaban J connectivity index is 2.25. The number of rotatable bonds is 2. The van der Waals surface area contributed by atoms with E-state index in [1.54, 1.807) is 11.8 Å². The van der Waals surface area contributed by atoms with E-state index >= 15 is 0 Å². The van der Waals surface area contributed by atoms with Gasteiger partial charge in [0, 0.05) is 31.4 Å². The van der Waals surface area contributed by atoms with Crippen LogP contribution >= 0.6 is 0 Å². The van der Waals surface area contributed by atoms with E-state index in [1.165, 1.54) is 4.90 Å². The van der Waals surface area contributed by atoms with Crippen molar-refractivity contribution in [3.05, 3.63) is 29.3 Å². The summed E-state index contributed by atoms with van der Waals surface area (Å²) in [5.74, 6) is -3.21. The number of carbonyl (C=O) groups is 2. The Hall–Kier alpha value is -2.38. The molecule has 8 heteroatoms. The molecule has 0 aromatic heterocycles. The number of benzene rings is 1. The molecule has 1 fully saturated rings. The average Bonchev–Trinajstić information content (AvgIpc) is 2.36. The SMILES string of the molecule is CC1CN(c2cc(F)c(C(N)=O)c(F)c2)CCN1C(=O)O. The van der Waals surface area contributed by atoms with Gasteiger partial charge >= 0.3 is 6.09 Å². The molecule has 2 rings (SSSR count). The molecule has 6 nitrogen and oxygen atoms in total. The van der Waals surface area contributed by atoms with E-state index in [0.29, 0.717) is 13.1 Å². The van der Waals surface area contributed by atoms with Crippen LogP contribution in [-0.2, 0) is 0 Å². The van der Waals surface area contributed by atoms with Gasteiger partial charge in [-0.1, -0.05) is 0 Å². The Morgan fingerprint density at radius 1 is 1.29 bits per heavy atom. The number of nitrogens with two attached hydrogens (primary N) is 1. The number of amides is 2. The van der Waals surface area contributed by atoms with Crippen LogP contribution in [0.25, 0.3) is 0 Å². The molecule has 1 aliphatic rings. The van der Waals surface area contributed by atoms with Gasteiger partial charge < -0.3 is 20.6 Å². The average molecular weight is 299 g/mol. The second-order valence-electron chi connectivity index (χ2n) is 4.92. The zero-order valence-corrected chi connectivity index (χ0v) is 11.3. The van der Waals surface area contributed by atoms with Gasteiger partial charge in [0.1, 0.15) is 17.2 Å². The topological polar surface area (TPSA) is 86.9 Å². The number of carboxylic acid groups (broad SMARTS) is 1. The van der Waals surface area contributed by atoms with Crippen LogP contribution in [0.15, 0.2) is 12.1 Å². The highest BCUT2D eigenvalue weighted by atomic mass is 19.1. The van der Waals surface area contributed by atoms with Crippen LogP contribution in [0.5, 0.6) is 0 Å². The predicted octanol–water partition coefficient (Wildman–Crippen LogP) is 1.25. The second kappa shape index (κ2) is 5.55. The van der Waals surface area contributed by atoms with Crippen LogP contribution in [0.2, 0.25) is 0 Å². The molecular formula is C13H15F2N3O3. The third kappa shape index (κ3) is 2.88. The molecule has 1 aromatic rings. The van der Waals surface area contributed by atoms with Crippen molar-refractivity contribution in [2.24, 2.45) is 5.73 Å². The maximum Gasteiger partial charge on any atom is 0.407 e. The quantitative estimate of drug-likeness (QED) is 0.860. The fraction of sp³-hybridized carbons (Fsp3) is 0.385. The fourth-order valence-electron chi connectivity index (χ4n) is 2.45. The highest BCUT2D eigenvalue weighted by Gasteiger charge is 2.28. The summed E-state index contributed by atoms with van der Waals surface area (Å²) in [6.45, 7) is 2.56. The smallest absolute Gasteiger partial charge is 0.407 e. The van der Waals surface area contributed by atoms with Gasteiger partial charge in [0.2, 0.25) is 0 Å². The predicted molar refractivity (Wildman–Crippen MR) is 71.3 cm³/mol. The standard InChI is InChI=1S/C13H15F2N3O3/c1-7-6-17(2-3-18(7)13(20)21)8-4-9(14)11(12(16)19)10(15)5-8/h4-5,7H,2-3,6H2,1H3,(H2,16,19)(H,20,21). The van der Waals surface area contributed by atoms with Gasteiger partial charge in [-0.2, -0.15) is 0 Å². The molecule has 2 amide bonds. The van der Waals surface area contributed by atoms with Gasteiger partial charge in [-0.25, -0.2) is 13.6 Å². The highest BCUT2D eigenvalue weighted by molar-refractivity contribution is 5.93. The summed E-state index contributed by atoms with van der Waals surface area (Å²) in [5.41, 5.74) is 4.40. The normalized spacial score (nSPS) is 18.7. The van der Waals surface area contributed by atoms with Crippen LogP contribution < -0.4 is 10.6 Å². The molecule has 0 spiro atoms. The molecule has 1 aromatic carbocycles. The van der Waals surface area contributed by atoms with E-state index in [4.69, 9.17) is 10.8 Å². The summed E-state index contributed by atoms with van der Waals surface area (Å²) < 4.78 is 27.5. The number of hydrogen-bond acceptors (Lipinski definition) is 3. The van der Waals surface area contributed by atoms with Gasteiger partial charge in [0.05, 0.1) is 0 Å². The number of carbonyl (C=O) groups excluding carboxylic acids is 1. The lowest BCUT2D eigenvalue weighted by atomic mass is 10.1. The monoisotopic (exact) mass is 299 g/mol. The summed E-state index contributed by atoms with van der Waals surface area (Å²) >= 11 is 0. The maximum absolute atomic E-state index is 13.7. The highest BCUT2D eigenvalue weighted by Crippen LogP contribution is 2.24. The Labute approximate surface area is 119 Å². The van der Waals surface area contributed by atoms with Crippen LogP contribution in [-0.4, -0.2) is 47.7 Å². The van der Waals surface area contributed by atoms with E-state index < -0.39 is 29.2 Å². The van der Waals surface area contributed by atoms with Crippen LogP contribution in [0.1, 0.15) is 17.3 Å². The molecule has 0 radical (unpaired) electrons. The first-order valence-electron chi connectivity index (χ1n) is 6.34. The maximum atomic E-state index is 13.7. The van der Waals surface area contributed by atoms with Crippen LogP contribution in [0.3, 0.4) is 0 Å². The zero-order valence-electron chi connectivity index (χ0n) is 11.3. The van der Waals surface area contributed by atoms with Crippen LogP contribution in [0.4, 0.5) is 19.3 Å². The molecule has 1 atom stereocenters. The minimum atomic E-state index is -1.17. The largest absolute Gasteiger partial charge is 0.465 e. The molecule has 1 aliphatic heterocycles. The summed E-state index contributed by atoms with van der Waals surface area (Å²) in [5, 5.41) is 8.99. The van der Waals surface area contributed by atoms with Gasteiger partial charge in [0.25, 0.3) is 5.91 Å². The minimum absolute atomic E-state index is 0.233. The van der Waals surface area contributed by atoms with E-state index in [9.17, 15) is 18.4 Å². The zero-order chi connectivity index (χ0) is 15.7. The Morgan fingerprint density at radius 2 is 1.86 bits per heavy atom. The van der Waals surface area contributed by atoms with Crippen molar-refractivity contribution in [1.29, 1.82) is 0 Å². The molecule has 0 aliphatic carbocycles. The van der Waals surface area contributed by atoms with Crippen molar-refractivity contribution < 1.29 is 23.5 Å². The van der Waals surface area contributed by atoms with Gasteiger partial charge in [-0.05, 0) is 19.1 Å². The lowest BCUT2D eigenvalue weighted by Gasteiger charge is -2.39. The van der Waals surface area contributed by atoms with Crippen molar-refractivity contribution in [1.82, 2.24) is 4.90 Å². The molecule has 0 bridgehead atoms. The summed E-state index contributed by atoms with van der Waals surface area (Å²) in [4.78, 5) is 24.9. The summed E-state index contributed by atoms with van der Waals surface area (Å²) in [6, 6.07) is 1.76. The molecule has 1 unspecified atom stereocenters. The third-order valence-electron chi connectivity index (χ3n) is 3.51. The van der Waals surface area contributed by atoms with Gasteiger partial charge in [0.15, 0.2) is 0 Å². The Kier molecular flexibility index (Phi) is 3.97. The number of primary amides is 1. The Bertz CT molecular complexity index is 571.